The molecule has 0 N–H and O–H groups in total. The van der Waals surface area contributed by atoms with Gasteiger partial charge in [-0.05, 0) is 37.7 Å². The lowest BCUT2D eigenvalue weighted by Gasteiger charge is -2.19. The van der Waals surface area contributed by atoms with Crippen LogP contribution in [0.1, 0.15) is 50.1 Å². The van der Waals surface area contributed by atoms with Gasteiger partial charge in [-0.3, -0.25) is 4.79 Å². The van der Waals surface area contributed by atoms with Gasteiger partial charge < -0.3 is 0 Å². The van der Waals surface area contributed by atoms with Gasteiger partial charge in [-0.25, -0.2) is 9.97 Å². The third-order valence-electron chi connectivity index (χ3n) is 3.31. The molecule has 0 saturated heterocycles. The molecule has 0 amide bonds. The molecule has 1 aromatic heterocycles. The summed E-state index contributed by atoms with van der Waals surface area (Å²) in [5.41, 5.74) is 3.36. The molecule has 0 fully saturated rings. The van der Waals surface area contributed by atoms with E-state index in [0.717, 1.165) is 30.7 Å². The van der Waals surface area contributed by atoms with Gasteiger partial charge in [0.15, 0.2) is 0 Å². The van der Waals surface area contributed by atoms with Gasteiger partial charge in [-0.15, -0.1) is 0 Å². The van der Waals surface area contributed by atoms with Gasteiger partial charge in [0, 0.05) is 5.69 Å². The summed E-state index contributed by atoms with van der Waals surface area (Å²) in [6, 6.07) is 0. The minimum atomic E-state index is -0.0603. The summed E-state index contributed by atoms with van der Waals surface area (Å²) < 4.78 is 0. The summed E-state index contributed by atoms with van der Waals surface area (Å²) in [5.74, 6) is 0.453. The summed E-state index contributed by atoms with van der Waals surface area (Å²) in [5, 5.41) is 0. The average Bonchev–Trinajstić information content (AvgIpc) is 2.65. The molecular formula is C13H18N2O. The monoisotopic (exact) mass is 218 g/mol. The summed E-state index contributed by atoms with van der Waals surface area (Å²) in [6.07, 6.45) is 4.82. The highest BCUT2D eigenvalue weighted by Gasteiger charge is 2.28. The molecule has 0 aromatic carbocycles. The Bertz CT molecular complexity index is 412. The van der Waals surface area contributed by atoms with Gasteiger partial charge in [0.1, 0.15) is 12.1 Å². The normalized spacial score (nSPS) is 16.2. The molecule has 1 atom stereocenters. The van der Waals surface area contributed by atoms with Crippen LogP contribution in [0.2, 0.25) is 0 Å². The van der Waals surface area contributed by atoms with Crippen LogP contribution in [0.25, 0.3) is 0 Å². The number of carbonyl (C=O) groups excluding carboxylic acids is 1. The van der Waals surface area contributed by atoms with Crippen LogP contribution in [0.15, 0.2) is 6.33 Å². The fourth-order valence-corrected chi connectivity index (χ4v) is 2.63. The minimum absolute atomic E-state index is 0.0603. The van der Waals surface area contributed by atoms with Crippen LogP contribution >= 0.6 is 0 Å². The summed E-state index contributed by atoms with van der Waals surface area (Å²) in [4.78, 5) is 20.4. The Balaban J connectivity index is 2.46. The van der Waals surface area contributed by atoms with Gasteiger partial charge in [0.05, 0.1) is 11.6 Å². The number of nitrogens with zero attached hydrogens (tertiary/aromatic N) is 2. The van der Waals surface area contributed by atoms with Crippen molar-refractivity contribution >= 4 is 5.78 Å². The van der Waals surface area contributed by atoms with E-state index in [1.807, 2.05) is 0 Å². The maximum Gasteiger partial charge on any atom is 0.139 e. The van der Waals surface area contributed by atoms with Crippen LogP contribution in [0.4, 0.5) is 0 Å². The molecule has 3 nitrogen and oxygen atoms in total. The predicted octanol–water partition coefficient (Wildman–Crippen LogP) is 2.29. The van der Waals surface area contributed by atoms with E-state index in [9.17, 15) is 4.79 Å². The molecule has 0 spiro atoms. The number of carbonyl (C=O) groups is 1. The lowest BCUT2D eigenvalue weighted by molar-refractivity contribution is -0.119. The number of aromatic nitrogens is 2. The second-order valence-electron chi connectivity index (χ2n) is 4.87. The maximum absolute atomic E-state index is 11.7. The number of rotatable bonds is 3. The number of hydrogen-bond acceptors (Lipinski definition) is 3. The first-order valence-corrected chi connectivity index (χ1v) is 5.94. The zero-order chi connectivity index (χ0) is 11.7. The van der Waals surface area contributed by atoms with Crippen molar-refractivity contribution in [2.45, 2.75) is 46.0 Å². The van der Waals surface area contributed by atoms with Gasteiger partial charge >= 0.3 is 0 Å². The zero-order valence-corrected chi connectivity index (χ0v) is 10.2. The molecule has 1 unspecified atom stereocenters. The quantitative estimate of drug-likeness (QED) is 0.781. The highest BCUT2D eigenvalue weighted by atomic mass is 16.1. The van der Waals surface area contributed by atoms with E-state index in [-0.39, 0.29) is 11.7 Å². The lowest BCUT2D eigenvalue weighted by atomic mass is 9.86. The van der Waals surface area contributed by atoms with Crippen molar-refractivity contribution in [3.8, 4) is 0 Å². The van der Waals surface area contributed by atoms with E-state index in [1.54, 1.807) is 13.3 Å². The molecule has 16 heavy (non-hydrogen) atoms. The van der Waals surface area contributed by atoms with E-state index in [4.69, 9.17) is 0 Å². The SMILES string of the molecule is CC(=O)C(c1ncnc2c1CCC2)C(C)C. The Morgan fingerprint density at radius 1 is 1.31 bits per heavy atom. The summed E-state index contributed by atoms with van der Waals surface area (Å²) in [7, 11) is 0. The molecule has 1 heterocycles. The van der Waals surface area contributed by atoms with Crippen LogP contribution in [-0.2, 0) is 17.6 Å². The van der Waals surface area contributed by atoms with Crippen molar-refractivity contribution in [1.82, 2.24) is 9.97 Å². The Labute approximate surface area is 96.3 Å². The van der Waals surface area contributed by atoms with Gasteiger partial charge in [0.25, 0.3) is 0 Å². The molecule has 0 bridgehead atoms. The standard InChI is InChI=1S/C13H18N2O/c1-8(2)12(9(3)16)13-10-5-4-6-11(10)14-7-15-13/h7-8,12H,4-6H2,1-3H3. The summed E-state index contributed by atoms with van der Waals surface area (Å²) in [6.45, 7) is 5.82. The topological polar surface area (TPSA) is 42.9 Å². The van der Waals surface area contributed by atoms with E-state index in [0.29, 0.717) is 5.92 Å². The average molecular weight is 218 g/mol. The molecule has 1 aromatic rings. The Morgan fingerprint density at radius 2 is 2.06 bits per heavy atom. The second kappa shape index (κ2) is 4.32. The Kier molecular flexibility index (Phi) is 3.03. The van der Waals surface area contributed by atoms with Crippen LogP contribution in [0, 0.1) is 5.92 Å². The van der Waals surface area contributed by atoms with Crippen molar-refractivity contribution in [2.24, 2.45) is 5.92 Å². The van der Waals surface area contributed by atoms with Crippen LogP contribution in [-0.4, -0.2) is 15.8 Å². The first-order valence-electron chi connectivity index (χ1n) is 5.94. The van der Waals surface area contributed by atoms with E-state index >= 15 is 0 Å². The third kappa shape index (κ3) is 1.86. The number of hydrogen-bond donors (Lipinski definition) is 0. The summed E-state index contributed by atoms with van der Waals surface area (Å²) >= 11 is 0. The van der Waals surface area contributed by atoms with Crippen molar-refractivity contribution in [3.63, 3.8) is 0 Å². The number of aryl methyl sites for hydroxylation is 1. The molecule has 0 aliphatic heterocycles. The Morgan fingerprint density at radius 3 is 2.69 bits per heavy atom. The molecule has 2 rings (SSSR count). The van der Waals surface area contributed by atoms with E-state index < -0.39 is 0 Å². The van der Waals surface area contributed by atoms with E-state index in [1.165, 1.54) is 5.56 Å². The highest BCUT2D eigenvalue weighted by Crippen LogP contribution is 2.31. The largest absolute Gasteiger partial charge is 0.299 e. The van der Waals surface area contributed by atoms with E-state index in [2.05, 4.69) is 23.8 Å². The Hall–Kier alpha value is -1.25. The van der Waals surface area contributed by atoms with Crippen LogP contribution < -0.4 is 0 Å². The zero-order valence-electron chi connectivity index (χ0n) is 10.2. The van der Waals surface area contributed by atoms with Crippen molar-refractivity contribution in [1.29, 1.82) is 0 Å². The molecule has 3 heteroatoms. The lowest BCUT2D eigenvalue weighted by Crippen LogP contribution is -2.19. The first kappa shape index (κ1) is 11.2. The van der Waals surface area contributed by atoms with Gasteiger partial charge in [0.2, 0.25) is 0 Å². The van der Waals surface area contributed by atoms with Crippen LogP contribution in [0.3, 0.4) is 0 Å². The number of Topliss-reactive ketones (excluding diaryl/α,β-unsaturated/α-hetero) is 1. The molecule has 0 saturated carbocycles. The molecule has 1 aliphatic rings. The molecule has 0 radical (unpaired) electrons. The van der Waals surface area contributed by atoms with Gasteiger partial charge in [-0.2, -0.15) is 0 Å². The minimum Gasteiger partial charge on any atom is -0.299 e. The molecule has 1 aliphatic carbocycles. The van der Waals surface area contributed by atoms with Crippen LogP contribution in [0.5, 0.6) is 0 Å². The number of ketones is 1. The van der Waals surface area contributed by atoms with Crippen molar-refractivity contribution in [3.05, 3.63) is 23.3 Å². The maximum atomic E-state index is 11.7. The predicted molar refractivity (Wildman–Crippen MR) is 62.3 cm³/mol. The van der Waals surface area contributed by atoms with Crippen molar-refractivity contribution in [2.75, 3.05) is 0 Å². The van der Waals surface area contributed by atoms with Crippen molar-refractivity contribution < 1.29 is 4.79 Å². The fourth-order valence-electron chi connectivity index (χ4n) is 2.63. The highest BCUT2D eigenvalue weighted by molar-refractivity contribution is 5.83. The smallest absolute Gasteiger partial charge is 0.139 e. The third-order valence-corrected chi connectivity index (χ3v) is 3.31. The van der Waals surface area contributed by atoms with Gasteiger partial charge in [-0.1, -0.05) is 13.8 Å². The second-order valence-corrected chi connectivity index (χ2v) is 4.87. The number of fused-ring (bicyclic) bond motifs is 1. The fraction of sp³-hybridized carbons (Fsp3) is 0.615. The molecule has 86 valence electrons. The first-order chi connectivity index (χ1) is 7.61. The molecular weight excluding hydrogens is 200 g/mol.